The summed E-state index contributed by atoms with van der Waals surface area (Å²) in [5.41, 5.74) is 35.6. The zero-order valence-corrected chi connectivity index (χ0v) is 66.7. The number of nitrogen functional groups attached to an aromatic ring is 3. The molecule has 0 bridgehead atoms. The number of benzene rings is 3. The van der Waals surface area contributed by atoms with Crippen molar-refractivity contribution in [1.82, 2.24) is 73.8 Å². The Hall–Kier alpha value is -12.0. The average Bonchev–Trinajstić information content (AvgIpc) is 1.63. The maximum absolute atomic E-state index is 13.4. The van der Waals surface area contributed by atoms with Crippen molar-refractivity contribution in [2.45, 2.75) is 177 Å². The summed E-state index contributed by atoms with van der Waals surface area (Å²) in [5.74, 6) is 6.28. The molecule has 3 aliphatic heterocycles. The molecule has 29 nitrogen and oxygen atoms in total. The van der Waals surface area contributed by atoms with Gasteiger partial charge in [-0.15, -0.1) is 24.8 Å². The fourth-order valence-electron chi connectivity index (χ4n) is 16.5. The van der Waals surface area contributed by atoms with Crippen LogP contribution in [0, 0.1) is 39.9 Å². The van der Waals surface area contributed by atoms with Crippen LogP contribution >= 0.6 is 24.8 Å². The summed E-state index contributed by atoms with van der Waals surface area (Å²) >= 11 is 0. The van der Waals surface area contributed by atoms with Gasteiger partial charge in [-0.05, 0) is 156 Å². The summed E-state index contributed by atoms with van der Waals surface area (Å²) in [6, 6.07) is 15.8. The molecule has 3 saturated heterocycles. The second-order valence-electron chi connectivity index (χ2n) is 31.3. The van der Waals surface area contributed by atoms with E-state index in [1.807, 2.05) is 26.7 Å². The third-order valence-corrected chi connectivity index (χ3v) is 21.9. The van der Waals surface area contributed by atoms with E-state index in [0.29, 0.717) is 61.4 Å². The van der Waals surface area contributed by atoms with E-state index in [4.69, 9.17) is 44.2 Å². The number of nitrogens with one attached hydrogen (secondary N) is 1. The molecule has 122 heavy (non-hydrogen) atoms. The van der Waals surface area contributed by atoms with E-state index in [-0.39, 0.29) is 175 Å². The molecule has 9 aromatic rings. The number of carbonyl (C=O) groups excluding carboxylic acids is 5. The topological polar surface area (TPSA) is 413 Å². The molecule has 40 heteroatoms. The smallest absolute Gasteiger partial charge is 0.416 e. The van der Waals surface area contributed by atoms with Crippen LogP contribution in [0.15, 0.2) is 110 Å². The van der Waals surface area contributed by atoms with Gasteiger partial charge in [-0.2, -0.15) is 70.1 Å². The summed E-state index contributed by atoms with van der Waals surface area (Å²) in [6.45, 7) is 12.6. The number of nitrogens with two attached hydrogens (primary N) is 6. The number of likely N-dealkylation sites (tertiary alicyclic amines) is 2. The fourth-order valence-corrected chi connectivity index (χ4v) is 16.5. The number of rotatable bonds is 15. The quantitative estimate of drug-likeness (QED) is 0.0349. The van der Waals surface area contributed by atoms with Gasteiger partial charge in [0.25, 0.3) is 23.6 Å². The maximum Gasteiger partial charge on any atom is 0.416 e. The normalized spacial score (nSPS) is 19.7. The zero-order valence-electron chi connectivity index (χ0n) is 65.1. The van der Waals surface area contributed by atoms with Gasteiger partial charge in [-0.25, -0.2) is 23.6 Å². The van der Waals surface area contributed by atoms with Gasteiger partial charge in [0.1, 0.15) is 56.8 Å². The van der Waals surface area contributed by atoms with Crippen LogP contribution in [-0.2, 0) is 52.5 Å². The minimum absolute atomic E-state index is 0. The molecule has 6 fully saturated rings. The summed E-state index contributed by atoms with van der Waals surface area (Å²) in [6.07, 6.45) is 2.59. The highest BCUT2D eigenvalue weighted by atomic mass is 35.5. The van der Waals surface area contributed by atoms with Crippen LogP contribution in [0.5, 0.6) is 0 Å². The van der Waals surface area contributed by atoms with Crippen molar-refractivity contribution in [3.63, 3.8) is 0 Å². The van der Waals surface area contributed by atoms with E-state index in [0.717, 1.165) is 76.2 Å². The molecule has 9 heterocycles. The lowest BCUT2D eigenvalue weighted by Gasteiger charge is -2.45. The molecule has 0 radical (unpaired) electrons. The number of anilines is 3. The number of carbonyl (C=O) groups is 6. The number of primary amides is 3. The number of nitrogens with zero attached hydrogens (tertiary/aromatic N) is 14. The highest BCUT2D eigenvalue weighted by Gasteiger charge is 2.54. The lowest BCUT2D eigenvalue weighted by Crippen LogP contribution is -2.43. The van der Waals surface area contributed by atoms with E-state index in [9.17, 15) is 68.3 Å². The number of ether oxygens (including phenoxy) is 1. The van der Waals surface area contributed by atoms with Crippen molar-refractivity contribution in [3.05, 3.63) is 160 Å². The number of hydrogen-bond acceptors (Lipinski definition) is 17. The van der Waals surface area contributed by atoms with Gasteiger partial charge in [-0.1, -0.05) is 88.7 Å². The average molecular weight is 1750 g/mol. The zero-order chi connectivity index (χ0) is 84.6. The van der Waals surface area contributed by atoms with E-state index in [1.165, 1.54) is 100 Å². The Bertz CT molecular complexity index is 5410. The molecule has 0 unspecified atom stereocenters. The number of alkyl halides is 9. The van der Waals surface area contributed by atoms with Crippen molar-refractivity contribution in [3.8, 4) is 57.5 Å². The number of carboxylic acids is 1. The van der Waals surface area contributed by atoms with Gasteiger partial charge in [0.05, 0.1) is 73.0 Å². The molecule has 3 spiro atoms. The first-order valence-corrected chi connectivity index (χ1v) is 37.2. The van der Waals surface area contributed by atoms with Crippen molar-refractivity contribution < 1.29 is 78.1 Å². The van der Waals surface area contributed by atoms with Crippen LogP contribution in [0.4, 0.5) is 61.8 Å². The van der Waals surface area contributed by atoms with Crippen molar-refractivity contribution in [1.29, 1.82) is 0 Å². The molecule has 3 aromatic carbocycles. The highest BCUT2D eigenvalue weighted by molar-refractivity contribution is 6.05. The van der Waals surface area contributed by atoms with Gasteiger partial charge in [0, 0.05) is 73.9 Å². The minimum Gasteiger partial charge on any atom is -0.472 e. The Balaban J connectivity index is 0.000000239. The monoisotopic (exact) mass is 1750 g/mol. The summed E-state index contributed by atoms with van der Waals surface area (Å²) < 4.78 is 135. The van der Waals surface area contributed by atoms with Gasteiger partial charge < -0.3 is 59.4 Å². The number of amides is 5. The second-order valence-corrected chi connectivity index (χ2v) is 31.3. The Kier molecular flexibility index (Phi) is 30.2. The maximum atomic E-state index is 13.4. The first-order chi connectivity index (χ1) is 55.1. The molecule has 5 amide bonds. The Labute approximate surface area is 710 Å². The molecule has 3 aliphatic carbocycles. The molecule has 15 rings (SSSR count). The Morgan fingerprint density at radius 3 is 1.11 bits per heavy atom. The number of carboxylic acid groups (broad SMARTS) is 1. The SMILES string of the molecule is C.C.C.CC#CC(=O)N1CCC2(CC(n3nc(-c4cnn(Cc5ccccc5C(F)(F)F)c4)c(C(N)=O)c3N)C2)C1.CC#CC(=O)O.CC(C)(C)OC(=O)N1CCC2(CC(n3nc(-c4cnn(Cc5ccccc5C(F)(F)F)c4)c(C(N)=O)c3N)C2)C1.Cl.Cl.NC(=O)c1c(-c2cnn(Cc3ccccc3C(F)(F)F)c2)nn(C2CC3(CCNC3)C2)c1N. The molecule has 0 atom stereocenters. The van der Waals surface area contributed by atoms with Crippen LogP contribution < -0.4 is 39.7 Å². The molecule has 6 aliphatic rings. The van der Waals surface area contributed by atoms with Crippen LogP contribution in [0.1, 0.15) is 197 Å². The first-order valence-electron chi connectivity index (χ1n) is 37.2. The summed E-state index contributed by atoms with van der Waals surface area (Å²) in [4.78, 5) is 74.4. The first kappa shape index (κ1) is 97.1. The van der Waals surface area contributed by atoms with E-state index in [1.54, 1.807) is 43.0 Å². The molecular formula is C82H100Cl2F9N21O8. The van der Waals surface area contributed by atoms with Gasteiger partial charge in [-0.3, -0.25) is 33.2 Å². The molecule has 658 valence electrons. The van der Waals surface area contributed by atoms with Gasteiger partial charge in [0.15, 0.2) is 0 Å². The highest BCUT2D eigenvalue weighted by Crippen LogP contribution is 2.57. The third kappa shape index (κ3) is 21.1. The minimum atomic E-state index is -4.50. The van der Waals surface area contributed by atoms with E-state index >= 15 is 0 Å². The molecule has 3 saturated carbocycles. The van der Waals surface area contributed by atoms with Crippen molar-refractivity contribution >= 4 is 78.0 Å². The van der Waals surface area contributed by atoms with Crippen molar-refractivity contribution in [2.75, 3.05) is 56.5 Å². The second kappa shape index (κ2) is 37.9. The molecular weight excluding hydrogens is 1650 g/mol. The number of hydrogen-bond donors (Lipinski definition) is 8. The Morgan fingerprint density at radius 1 is 0.500 bits per heavy atom. The van der Waals surface area contributed by atoms with Gasteiger partial charge in [0.2, 0.25) is 0 Å². The largest absolute Gasteiger partial charge is 0.472 e. The van der Waals surface area contributed by atoms with Crippen LogP contribution in [-0.4, -0.2) is 154 Å². The van der Waals surface area contributed by atoms with Crippen LogP contribution in [0.2, 0.25) is 0 Å². The summed E-state index contributed by atoms with van der Waals surface area (Å²) in [7, 11) is 0. The number of aromatic nitrogens is 12. The standard InChI is InChI=1S/C27H32F3N7O3.C26H26F3N7O2.C22H24F3N7O.C4H4O2.3CH4.2ClH/c1-25(2,3)40-24(39)35-9-8-26(15-35)10-18(11-26)37-22(31)20(23(32)38)21(34-37)17-12-33-36(14-17)13-16-6-4-5-7-19(16)27(28,29)30;1-2-5-20(37)34-9-8-25(15-34)10-18(11-25)36-23(30)21(24(31)38)22(33-36)17-12-32-35(14-17)13-16-6-3-4-7-19(16)26(27,28)29;23-22(24,25)16-4-2-1-3-13(16)10-31-11-14(9-29-31)18-17(20(27)33)19(26)32(30-18)15-7-21(8-15)5-6-28-12-21;1-2-3-4(5)6;;;;;/h4-7,12,14,18H,8-11,13,15,31H2,1-3H3,(H2,32,38);3-4,6-7,12,14,18H,8-11,13,15,30H2,1H3,(H2,31,38);1-4,9,11,15,28H,5-8,10,12,26H2,(H2,27,33);1H3,(H,5,6);3*1H4;2*1H. The number of aliphatic carboxylic acids is 1. The predicted molar refractivity (Wildman–Crippen MR) is 443 cm³/mol. The van der Waals surface area contributed by atoms with Gasteiger partial charge >= 0.3 is 30.6 Å². The Morgan fingerprint density at radius 2 is 0.820 bits per heavy atom. The van der Waals surface area contributed by atoms with E-state index < -0.39 is 64.5 Å². The lowest BCUT2D eigenvalue weighted by atomic mass is 9.65. The fraction of sp³-hybridized carbons (Fsp3) is 0.439. The van der Waals surface area contributed by atoms with E-state index in [2.05, 4.69) is 53.7 Å². The number of halogens is 11. The predicted octanol–water partition coefficient (Wildman–Crippen LogP) is 13.2. The third-order valence-electron chi connectivity index (χ3n) is 21.9. The van der Waals surface area contributed by atoms with Crippen LogP contribution in [0.3, 0.4) is 0 Å². The van der Waals surface area contributed by atoms with Crippen molar-refractivity contribution in [2.24, 2.45) is 33.4 Å². The van der Waals surface area contributed by atoms with Crippen LogP contribution in [0.25, 0.3) is 33.8 Å². The molecule has 14 N–H and O–H groups in total. The lowest BCUT2D eigenvalue weighted by molar-refractivity contribution is -0.139. The molecule has 6 aromatic heterocycles. The summed E-state index contributed by atoms with van der Waals surface area (Å²) in [5, 5.41) is 37.5.